The van der Waals surface area contributed by atoms with Gasteiger partial charge in [0, 0.05) is 24.1 Å². The van der Waals surface area contributed by atoms with Gasteiger partial charge in [0.2, 0.25) is 0 Å². The fourth-order valence-corrected chi connectivity index (χ4v) is 4.76. The number of fused-ring (bicyclic) bond motifs is 3. The smallest absolute Gasteiger partial charge is 0.144 e. The molecule has 0 unspecified atom stereocenters. The van der Waals surface area contributed by atoms with Crippen LogP contribution in [0.25, 0.3) is 11.3 Å². The van der Waals surface area contributed by atoms with Crippen molar-refractivity contribution in [2.24, 2.45) is 10.4 Å². The molecule has 0 atom stereocenters. The molecule has 2 aliphatic heterocycles. The fraction of sp³-hybridized carbons (Fsp3) is 0.318. The van der Waals surface area contributed by atoms with Crippen LogP contribution >= 0.6 is 0 Å². The molecule has 3 aromatic rings. The number of hydrogen-bond donors (Lipinski definition) is 2. The van der Waals surface area contributed by atoms with E-state index >= 15 is 0 Å². The Balaban J connectivity index is 1.49. The molecule has 1 aromatic carbocycles. The maximum atomic E-state index is 14.5. The summed E-state index contributed by atoms with van der Waals surface area (Å²) in [6.45, 7) is 3.93. The average molecular weight is 406 g/mol. The number of hydrogen-bond acceptors (Lipinski definition) is 5. The van der Waals surface area contributed by atoms with Crippen molar-refractivity contribution in [2.75, 3.05) is 23.3 Å². The highest BCUT2D eigenvalue weighted by atomic mass is 19.1. The predicted molar refractivity (Wildman–Crippen MR) is 111 cm³/mol. The summed E-state index contributed by atoms with van der Waals surface area (Å²) >= 11 is 0. The van der Waals surface area contributed by atoms with E-state index in [4.69, 9.17) is 4.98 Å². The third-order valence-electron chi connectivity index (χ3n) is 6.53. The van der Waals surface area contributed by atoms with Crippen molar-refractivity contribution in [2.45, 2.75) is 26.2 Å². The third-order valence-corrected chi connectivity index (χ3v) is 6.53. The molecule has 0 bridgehead atoms. The number of benzene rings is 1. The van der Waals surface area contributed by atoms with Crippen LogP contribution in [0.1, 0.15) is 30.5 Å². The Morgan fingerprint density at radius 3 is 2.60 bits per heavy atom. The van der Waals surface area contributed by atoms with Crippen molar-refractivity contribution >= 4 is 23.0 Å². The van der Waals surface area contributed by atoms with E-state index in [1.807, 2.05) is 13.0 Å². The predicted octanol–water partition coefficient (Wildman–Crippen LogP) is 4.55. The highest BCUT2D eigenvalue weighted by Crippen LogP contribution is 2.50. The molecule has 1 saturated carbocycles. The Morgan fingerprint density at radius 1 is 1.13 bits per heavy atom. The first-order valence-electron chi connectivity index (χ1n) is 10.1. The fourth-order valence-electron chi connectivity index (χ4n) is 4.76. The van der Waals surface area contributed by atoms with Crippen LogP contribution < -0.4 is 10.2 Å². The second-order valence-electron chi connectivity index (χ2n) is 8.51. The quantitative estimate of drug-likeness (QED) is 0.655. The molecule has 2 N–H and O–H groups in total. The molecule has 3 aliphatic rings. The Morgan fingerprint density at radius 2 is 1.90 bits per heavy atom. The molecule has 0 amide bonds. The molecule has 2 aromatic heterocycles. The molecular formula is C22H20F2N6. The summed E-state index contributed by atoms with van der Waals surface area (Å²) in [4.78, 5) is 11.7. The van der Waals surface area contributed by atoms with E-state index in [2.05, 4.69) is 25.4 Å². The molecule has 4 heterocycles. The van der Waals surface area contributed by atoms with Gasteiger partial charge in [-0.1, -0.05) is 12.5 Å². The number of halogens is 2. The minimum absolute atomic E-state index is 0.0991. The average Bonchev–Trinajstić information content (AvgIpc) is 3.03. The van der Waals surface area contributed by atoms with Gasteiger partial charge >= 0.3 is 0 Å². The normalized spacial score (nSPS) is 18.5. The number of nitrogens with one attached hydrogen (secondary N) is 2. The minimum Gasteiger partial charge on any atom is -0.355 e. The number of aromatic amines is 1. The summed E-state index contributed by atoms with van der Waals surface area (Å²) in [7, 11) is 0. The summed E-state index contributed by atoms with van der Waals surface area (Å²) in [6.07, 6.45) is 5.51. The van der Waals surface area contributed by atoms with E-state index < -0.39 is 11.6 Å². The summed E-state index contributed by atoms with van der Waals surface area (Å²) < 4.78 is 28.9. The number of aromatic nitrogens is 3. The Hall–Kier alpha value is -3.29. The molecule has 1 spiro atoms. The van der Waals surface area contributed by atoms with Crippen LogP contribution in [0.5, 0.6) is 0 Å². The van der Waals surface area contributed by atoms with Crippen LogP contribution in [-0.4, -0.2) is 34.1 Å². The molecule has 6 rings (SSSR count). The van der Waals surface area contributed by atoms with E-state index in [9.17, 15) is 8.78 Å². The molecule has 8 heteroatoms. The van der Waals surface area contributed by atoms with Gasteiger partial charge in [-0.05, 0) is 38.0 Å². The Labute approximate surface area is 172 Å². The lowest BCUT2D eigenvalue weighted by molar-refractivity contribution is 0.0896. The van der Waals surface area contributed by atoms with Crippen molar-refractivity contribution in [1.82, 2.24) is 15.2 Å². The number of H-pyrrole nitrogens is 1. The van der Waals surface area contributed by atoms with E-state index in [-0.39, 0.29) is 11.4 Å². The second kappa shape index (κ2) is 6.10. The van der Waals surface area contributed by atoms with Crippen LogP contribution in [-0.2, 0) is 0 Å². The number of anilines is 2. The number of rotatable bonds is 2. The zero-order chi connectivity index (χ0) is 20.5. The third kappa shape index (κ3) is 2.49. The monoisotopic (exact) mass is 406 g/mol. The largest absolute Gasteiger partial charge is 0.355 e. The van der Waals surface area contributed by atoms with Crippen molar-refractivity contribution in [3.63, 3.8) is 0 Å². The zero-order valence-electron chi connectivity index (χ0n) is 16.5. The van der Waals surface area contributed by atoms with Gasteiger partial charge in [0.15, 0.2) is 0 Å². The van der Waals surface area contributed by atoms with Crippen molar-refractivity contribution in [3.8, 4) is 11.3 Å². The molecule has 2 fully saturated rings. The van der Waals surface area contributed by atoms with Gasteiger partial charge in [0.1, 0.15) is 23.3 Å². The van der Waals surface area contributed by atoms with Gasteiger partial charge in [-0.25, -0.2) is 18.8 Å². The summed E-state index contributed by atoms with van der Waals surface area (Å²) in [6, 6.07) is 5.78. The van der Waals surface area contributed by atoms with E-state index in [1.165, 1.54) is 37.5 Å². The number of pyridine rings is 1. The highest BCUT2D eigenvalue weighted by molar-refractivity contribution is 6.13. The summed E-state index contributed by atoms with van der Waals surface area (Å²) in [5, 5.41) is 10.2. The van der Waals surface area contributed by atoms with Crippen LogP contribution in [0.2, 0.25) is 0 Å². The standard InChI is InChI=1S/C22H20F2N6/c1-12-19-13(8-17(26-12)30-10-22(11-30)6-3-7-22)20-16(9-25-29-20)27-21(28-19)18-14(23)4-2-5-15(18)24/h2,4-5,8-9H,3,6-7,10-11H2,1H3,(H,25,29)(H,27,28). The SMILES string of the molecule is Cc1nc(N2CC3(CCC3)C2)cc2c1N=C(c1c(F)cccc1F)Nc1cn[nH]c1-2. The number of amidine groups is 1. The number of aliphatic imine (C=N–C) groups is 1. The first-order valence-corrected chi connectivity index (χ1v) is 10.1. The lowest BCUT2D eigenvalue weighted by Gasteiger charge is -2.56. The molecule has 30 heavy (non-hydrogen) atoms. The molecule has 1 saturated heterocycles. The first kappa shape index (κ1) is 17.6. The van der Waals surface area contributed by atoms with Gasteiger partial charge < -0.3 is 10.2 Å². The van der Waals surface area contributed by atoms with Gasteiger partial charge in [-0.15, -0.1) is 0 Å². The molecular weight excluding hydrogens is 386 g/mol. The summed E-state index contributed by atoms with van der Waals surface area (Å²) in [5.74, 6) is -0.353. The lowest BCUT2D eigenvalue weighted by Crippen LogP contribution is -2.60. The Kier molecular flexibility index (Phi) is 3.57. The molecule has 6 nitrogen and oxygen atoms in total. The number of aryl methyl sites for hydroxylation is 1. The maximum Gasteiger partial charge on any atom is 0.144 e. The van der Waals surface area contributed by atoms with E-state index in [1.54, 1.807) is 6.20 Å². The molecule has 1 aliphatic carbocycles. The second-order valence-corrected chi connectivity index (χ2v) is 8.51. The van der Waals surface area contributed by atoms with Crippen LogP contribution in [0, 0.1) is 24.0 Å². The van der Waals surface area contributed by atoms with Crippen LogP contribution in [0.15, 0.2) is 35.5 Å². The van der Waals surface area contributed by atoms with Crippen molar-refractivity contribution in [3.05, 3.63) is 53.4 Å². The van der Waals surface area contributed by atoms with Crippen LogP contribution in [0.4, 0.5) is 26.0 Å². The summed E-state index contributed by atoms with van der Waals surface area (Å²) in [5.41, 5.74) is 3.73. The van der Waals surface area contributed by atoms with Crippen molar-refractivity contribution < 1.29 is 8.78 Å². The van der Waals surface area contributed by atoms with E-state index in [0.29, 0.717) is 22.5 Å². The zero-order valence-corrected chi connectivity index (χ0v) is 16.5. The maximum absolute atomic E-state index is 14.5. The molecule has 152 valence electrons. The highest BCUT2D eigenvalue weighted by Gasteiger charge is 2.47. The van der Waals surface area contributed by atoms with Gasteiger partial charge in [0.05, 0.1) is 34.5 Å². The minimum atomic E-state index is -0.677. The topological polar surface area (TPSA) is 69.2 Å². The van der Waals surface area contributed by atoms with Gasteiger partial charge in [-0.3, -0.25) is 5.10 Å². The van der Waals surface area contributed by atoms with Gasteiger partial charge in [0.25, 0.3) is 0 Å². The van der Waals surface area contributed by atoms with Gasteiger partial charge in [-0.2, -0.15) is 5.10 Å². The lowest BCUT2D eigenvalue weighted by atomic mass is 9.63. The number of nitrogens with zero attached hydrogens (tertiary/aromatic N) is 4. The molecule has 0 radical (unpaired) electrons. The van der Waals surface area contributed by atoms with E-state index in [0.717, 1.165) is 30.2 Å². The first-order chi connectivity index (χ1) is 14.5. The van der Waals surface area contributed by atoms with Crippen LogP contribution in [0.3, 0.4) is 0 Å². The van der Waals surface area contributed by atoms with Crippen molar-refractivity contribution in [1.29, 1.82) is 0 Å². The Bertz CT molecular complexity index is 1180.